The topological polar surface area (TPSA) is 49.4 Å². The van der Waals surface area contributed by atoms with E-state index in [2.05, 4.69) is 5.32 Å². The lowest BCUT2D eigenvalue weighted by molar-refractivity contribution is -0.120. The average molecular weight is 418 g/mol. The molecule has 1 heterocycles. The van der Waals surface area contributed by atoms with Crippen LogP contribution in [0.1, 0.15) is 11.1 Å². The van der Waals surface area contributed by atoms with E-state index in [1.165, 1.54) is 30.0 Å². The Bertz CT molecular complexity index is 1170. The summed E-state index contributed by atoms with van der Waals surface area (Å²) in [5.41, 5.74) is 2.84. The van der Waals surface area contributed by atoms with Crippen molar-refractivity contribution in [2.45, 2.75) is 18.7 Å². The molecule has 0 bridgehead atoms. The summed E-state index contributed by atoms with van der Waals surface area (Å²) in [4.78, 5) is 28.4. The molecule has 4 nitrogen and oxygen atoms in total. The van der Waals surface area contributed by atoms with Crippen molar-refractivity contribution in [2.75, 3.05) is 10.2 Å². The van der Waals surface area contributed by atoms with Gasteiger partial charge in [0.05, 0.1) is 5.69 Å². The Balaban J connectivity index is 1.78. The van der Waals surface area contributed by atoms with Gasteiger partial charge in [0.1, 0.15) is 16.4 Å². The zero-order valence-corrected chi connectivity index (χ0v) is 17.3. The molecule has 0 saturated heterocycles. The minimum atomic E-state index is -0.629. The Hall–Kier alpha value is -3.38. The molecular weight excluding hydrogens is 399 g/mol. The molecule has 0 atom stereocenters. The molecule has 30 heavy (non-hydrogen) atoms. The van der Waals surface area contributed by atoms with Gasteiger partial charge in [0, 0.05) is 10.6 Å². The van der Waals surface area contributed by atoms with Crippen molar-refractivity contribution in [3.05, 3.63) is 100 Å². The van der Waals surface area contributed by atoms with Gasteiger partial charge in [0.2, 0.25) is 0 Å². The van der Waals surface area contributed by atoms with Gasteiger partial charge in [-0.05, 0) is 49.7 Å². The van der Waals surface area contributed by atoms with Crippen LogP contribution in [0.5, 0.6) is 0 Å². The molecule has 0 saturated carbocycles. The second-order valence-corrected chi connectivity index (χ2v) is 8.04. The van der Waals surface area contributed by atoms with Gasteiger partial charge in [0.15, 0.2) is 0 Å². The van der Waals surface area contributed by atoms with Crippen LogP contribution in [0.25, 0.3) is 0 Å². The number of para-hydroxylation sites is 1. The molecule has 0 radical (unpaired) electrons. The minimum Gasteiger partial charge on any atom is -0.350 e. The highest BCUT2D eigenvalue weighted by Gasteiger charge is 2.41. The normalized spacial score (nSPS) is 13.9. The number of benzene rings is 3. The second-order valence-electron chi connectivity index (χ2n) is 6.96. The Morgan fingerprint density at radius 2 is 1.57 bits per heavy atom. The molecule has 3 aromatic rings. The molecular formula is C24H19FN2O2S. The Kier molecular flexibility index (Phi) is 5.42. The van der Waals surface area contributed by atoms with Crippen LogP contribution in [-0.4, -0.2) is 11.8 Å². The molecule has 6 heteroatoms. The predicted octanol–water partition coefficient (Wildman–Crippen LogP) is 5.43. The number of hydrogen-bond donors (Lipinski definition) is 1. The van der Waals surface area contributed by atoms with Crippen molar-refractivity contribution in [3.63, 3.8) is 0 Å². The molecule has 1 aliphatic rings. The van der Waals surface area contributed by atoms with Crippen LogP contribution < -0.4 is 10.2 Å². The first-order valence-electron chi connectivity index (χ1n) is 9.40. The van der Waals surface area contributed by atoms with Crippen LogP contribution >= 0.6 is 11.8 Å². The van der Waals surface area contributed by atoms with Gasteiger partial charge in [-0.2, -0.15) is 0 Å². The lowest BCUT2D eigenvalue weighted by atomic mass is 10.1. The van der Waals surface area contributed by atoms with Crippen LogP contribution in [-0.2, 0) is 9.59 Å². The van der Waals surface area contributed by atoms with Gasteiger partial charge >= 0.3 is 0 Å². The van der Waals surface area contributed by atoms with Crippen LogP contribution in [0.4, 0.5) is 15.8 Å². The molecule has 1 N–H and O–H groups in total. The summed E-state index contributed by atoms with van der Waals surface area (Å²) in [6, 6.07) is 20.9. The van der Waals surface area contributed by atoms with Crippen molar-refractivity contribution in [1.82, 2.24) is 0 Å². The predicted molar refractivity (Wildman–Crippen MR) is 118 cm³/mol. The zero-order valence-electron chi connectivity index (χ0n) is 16.5. The van der Waals surface area contributed by atoms with E-state index in [4.69, 9.17) is 0 Å². The highest BCUT2D eigenvalue weighted by atomic mass is 32.2. The molecule has 0 aromatic heterocycles. The van der Waals surface area contributed by atoms with E-state index in [1.807, 2.05) is 62.4 Å². The number of halogens is 1. The molecule has 3 aromatic carbocycles. The van der Waals surface area contributed by atoms with Crippen LogP contribution in [0.2, 0.25) is 0 Å². The maximum atomic E-state index is 14.4. The van der Waals surface area contributed by atoms with Gasteiger partial charge in [-0.25, -0.2) is 9.29 Å². The molecule has 2 amide bonds. The average Bonchev–Trinajstić information content (AvgIpc) is 2.95. The van der Waals surface area contributed by atoms with Crippen molar-refractivity contribution in [1.29, 1.82) is 0 Å². The van der Waals surface area contributed by atoms with Crippen molar-refractivity contribution >= 4 is 35.0 Å². The summed E-state index contributed by atoms with van der Waals surface area (Å²) in [6.45, 7) is 3.91. The quantitative estimate of drug-likeness (QED) is 0.561. The summed E-state index contributed by atoms with van der Waals surface area (Å²) in [6.07, 6.45) is 0. The molecule has 1 aliphatic heterocycles. The number of carbonyl (C=O) groups excluding carboxylic acids is 2. The van der Waals surface area contributed by atoms with Gasteiger partial charge in [-0.1, -0.05) is 59.8 Å². The van der Waals surface area contributed by atoms with E-state index in [1.54, 1.807) is 6.07 Å². The summed E-state index contributed by atoms with van der Waals surface area (Å²) in [5.74, 6) is -1.76. The molecule has 0 spiro atoms. The summed E-state index contributed by atoms with van der Waals surface area (Å²) >= 11 is 1.19. The molecule has 150 valence electrons. The van der Waals surface area contributed by atoms with Gasteiger partial charge < -0.3 is 5.32 Å². The lowest BCUT2D eigenvalue weighted by Crippen LogP contribution is -2.33. The third-order valence-corrected chi connectivity index (χ3v) is 5.83. The smallest absolute Gasteiger partial charge is 0.283 e. The molecule has 4 rings (SSSR count). The molecule has 0 aliphatic carbocycles. The van der Waals surface area contributed by atoms with E-state index in [0.29, 0.717) is 0 Å². The summed E-state index contributed by atoms with van der Waals surface area (Å²) < 4.78 is 14.4. The summed E-state index contributed by atoms with van der Waals surface area (Å²) in [7, 11) is 0. The third kappa shape index (κ3) is 3.74. The van der Waals surface area contributed by atoms with E-state index >= 15 is 0 Å². The largest absolute Gasteiger partial charge is 0.350 e. The van der Waals surface area contributed by atoms with Crippen molar-refractivity contribution in [2.24, 2.45) is 0 Å². The summed E-state index contributed by atoms with van der Waals surface area (Å²) in [5, 5.41) is 3.13. The number of carbonyl (C=O) groups is 2. The first-order chi connectivity index (χ1) is 14.5. The van der Waals surface area contributed by atoms with Gasteiger partial charge in [-0.15, -0.1) is 0 Å². The first kappa shape index (κ1) is 19.9. The fourth-order valence-electron chi connectivity index (χ4n) is 3.26. The van der Waals surface area contributed by atoms with Gasteiger partial charge in [-0.3, -0.25) is 9.59 Å². The van der Waals surface area contributed by atoms with E-state index < -0.39 is 17.6 Å². The number of hydrogen-bond acceptors (Lipinski definition) is 4. The Labute approximate surface area is 178 Å². The molecule has 0 fully saturated rings. The highest BCUT2D eigenvalue weighted by Crippen LogP contribution is 2.38. The number of imide groups is 1. The lowest BCUT2D eigenvalue weighted by Gasteiger charge is -2.16. The van der Waals surface area contributed by atoms with Gasteiger partial charge in [0.25, 0.3) is 11.8 Å². The Morgan fingerprint density at radius 1 is 0.867 bits per heavy atom. The SMILES string of the molecule is Cc1ccc(NC2=C(Sc3ccccc3)C(=O)N(c3ccccc3F)C2=O)c(C)c1. The van der Waals surface area contributed by atoms with E-state index in [-0.39, 0.29) is 16.3 Å². The Morgan fingerprint density at radius 3 is 2.27 bits per heavy atom. The van der Waals surface area contributed by atoms with E-state index in [9.17, 15) is 14.0 Å². The van der Waals surface area contributed by atoms with Crippen molar-refractivity contribution in [3.8, 4) is 0 Å². The first-order valence-corrected chi connectivity index (χ1v) is 10.2. The fourth-order valence-corrected chi connectivity index (χ4v) is 4.21. The van der Waals surface area contributed by atoms with E-state index in [0.717, 1.165) is 26.6 Å². The number of anilines is 2. The standard InChI is InChI=1S/C24H19FN2O2S/c1-15-12-13-19(16(2)14-15)26-21-22(30-17-8-4-3-5-9-17)24(29)27(23(21)28)20-11-7-6-10-18(20)25/h3-14,26H,1-2H3. The molecule has 0 unspecified atom stereocenters. The third-order valence-electron chi connectivity index (χ3n) is 4.74. The number of nitrogens with one attached hydrogen (secondary N) is 1. The number of thioether (sulfide) groups is 1. The zero-order chi connectivity index (χ0) is 21.3. The van der Waals surface area contributed by atoms with Crippen LogP contribution in [0.15, 0.2) is 88.3 Å². The number of rotatable bonds is 5. The number of aryl methyl sites for hydroxylation is 2. The fraction of sp³-hybridized carbons (Fsp3) is 0.0833. The maximum absolute atomic E-state index is 14.4. The monoisotopic (exact) mass is 418 g/mol. The second kappa shape index (κ2) is 8.16. The van der Waals surface area contributed by atoms with Crippen molar-refractivity contribution < 1.29 is 14.0 Å². The highest BCUT2D eigenvalue weighted by molar-refractivity contribution is 8.04. The number of amides is 2. The minimum absolute atomic E-state index is 0.0592. The number of nitrogens with zero attached hydrogens (tertiary/aromatic N) is 1. The maximum Gasteiger partial charge on any atom is 0.283 e. The van der Waals surface area contributed by atoms with Crippen LogP contribution in [0, 0.1) is 19.7 Å². The van der Waals surface area contributed by atoms with Crippen LogP contribution in [0.3, 0.4) is 0 Å².